The van der Waals surface area contributed by atoms with Crippen molar-refractivity contribution in [1.82, 2.24) is 9.97 Å². The molecule has 17 heavy (non-hydrogen) atoms. The highest BCUT2D eigenvalue weighted by Crippen LogP contribution is 2.21. The van der Waals surface area contributed by atoms with Gasteiger partial charge in [0.25, 0.3) is 0 Å². The first-order chi connectivity index (χ1) is 8.31. The average Bonchev–Trinajstić information content (AvgIpc) is 2.40. The molecule has 0 bridgehead atoms. The quantitative estimate of drug-likeness (QED) is 0.871. The van der Waals surface area contributed by atoms with Crippen LogP contribution in [0.1, 0.15) is 24.2 Å². The number of ether oxygens (including phenoxy) is 1. The zero-order chi connectivity index (χ0) is 12.1. The standard InChI is InChI=1S/C13H15N3O/c1-10(12-5-2-6-15-9-12)17-13-11(8-14)4-3-7-16-13/h2-7,9-10H,8,14H2,1H3. The summed E-state index contributed by atoms with van der Waals surface area (Å²) in [4.78, 5) is 8.26. The van der Waals surface area contributed by atoms with Crippen LogP contribution in [0.5, 0.6) is 5.88 Å². The summed E-state index contributed by atoms with van der Waals surface area (Å²) in [6.07, 6.45) is 5.13. The molecule has 0 fully saturated rings. The smallest absolute Gasteiger partial charge is 0.218 e. The van der Waals surface area contributed by atoms with Crippen molar-refractivity contribution in [2.45, 2.75) is 19.6 Å². The molecule has 0 saturated carbocycles. The molecule has 2 heterocycles. The molecule has 0 amide bonds. The molecule has 0 radical (unpaired) electrons. The Morgan fingerprint density at radius 3 is 2.82 bits per heavy atom. The number of rotatable bonds is 4. The van der Waals surface area contributed by atoms with Gasteiger partial charge >= 0.3 is 0 Å². The minimum atomic E-state index is -0.0936. The van der Waals surface area contributed by atoms with E-state index in [9.17, 15) is 0 Å². The van der Waals surface area contributed by atoms with Crippen molar-refractivity contribution >= 4 is 0 Å². The topological polar surface area (TPSA) is 61.0 Å². The Bertz CT molecular complexity index is 473. The van der Waals surface area contributed by atoms with Gasteiger partial charge in [-0.15, -0.1) is 0 Å². The number of aromatic nitrogens is 2. The monoisotopic (exact) mass is 229 g/mol. The molecule has 4 nitrogen and oxygen atoms in total. The highest BCUT2D eigenvalue weighted by molar-refractivity contribution is 5.26. The third-order valence-electron chi connectivity index (χ3n) is 2.51. The molecule has 88 valence electrons. The first-order valence-electron chi connectivity index (χ1n) is 5.52. The Kier molecular flexibility index (Phi) is 3.67. The van der Waals surface area contributed by atoms with E-state index in [0.29, 0.717) is 12.4 Å². The van der Waals surface area contributed by atoms with Gasteiger partial charge in [-0.3, -0.25) is 4.98 Å². The Labute approximate surface area is 100 Å². The Hall–Kier alpha value is -1.94. The van der Waals surface area contributed by atoms with E-state index < -0.39 is 0 Å². The Morgan fingerprint density at radius 1 is 1.29 bits per heavy atom. The summed E-state index contributed by atoms with van der Waals surface area (Å²) in [5.74, 6) is 0.589. The van der Waals surface area contributed by atoms with E-state index in [-0.39, 0.29) is 6.10 Å². The van der Waals surface area contributed by atoms with Gasteiger partial charge in [0, 0.05) is 36.3 Å². The molecule has 4 heteroatoms. The predicted octanol–water partition coefficient (Wildman–Crippen LogP) is 2.08. The Balaban J connectivity index is 2.16. The van der Waals surface area contributed by atoms with E-state index in [1.165, 1.54) is 0 Å². The van der Waals surface area contributed by atoms with Crippen LogP contribution in [0.4, 0.5) is 0 Å². The normalized spacial score (nSPS) is 12.1. The summed E-state index contributed by atoms with van der Waals surface area (Å²) in [6.45, 7) is 2.38. The van der Waals surface area contributed by atoms with Gasteiger partial charge in [0.05, 0.1) is 0 Å². The maximum absolute atomic E-state index is 5.79. The fourth-order valence-electron chi connectivity index (χ4n) is 1.54. The van der Waals surface area contributed by atoms with Crippen LogP contribution < -0.4 is 10.5 Å². The lowest BCUT2D eigenvalue weighted by Crippen LogP contribution is -2.08. The number of nitrogens with two attached hydrogens (primary N) is 1. The van der Waals surface area contributed by atoms with Crippen molar-refractivity contribution in [2.75, 3.05) is 0 Å². The molecule has 2 N–H and O–H groups in total. The molecule has 1 unspecified atom stereocenters. The van der Waals surface area contributed by atoms with Gasteiger partial charge in [0.15, 0.2) is 0 Å². The van der Waals surface area contributed by atoms with Crippen molar-refractivity contribution in [3.8, 4) is 5.88 Å². The molecule has 2 aromatic heterocycles. The second-order valence-electron chi connectivity index (χ2n) is 3.72. The molecule has 0 aromatic carbocycles. The van der Waals surface area contributed by atoms with E-state index in [1.807, 2.05) is 31.2 Å². The lowest BCUT2D eigenvalue weighted by atomic mass is 10.2. The minimum Gasteiger partial charge on any atom is -0.469 e. The summed E-state index contributed by atoms with van der Waals surface area (Å²) in [6, 6.07) is 7.63. The fourth-order valence-corrected chi connectivity index (χ4v) is 1.54. The minimum absolute atomic E-state index is 0.0936. The predicted molar refractivity (Wildman–Crippen MR) is 65.4 cm³/mol. The summed E-state index contributed by atoms with van der Waals surface area (Å²) in [5, 5.41) is 0. The van der Waals surface area contributed by atoms with Gasteiger partial charge in [-0.05, 0) is 19.1 Å². The SMILES string of the molecule is CC(Oc1ncccc1CN)c1cccnc1. The van der Waals surface area contributed by atoms with Crippen LogP contribution >= 0.6 is 0 Å². The average molecular weight is 229 g/mol. The van der Waals surface area contributed by atoms with Crippen LogP contribution in [0.25, 0.3) is 0 Å². The van der Waals surface area contributed by atoms with E-state index >= 15 is 0 Å². The Morgan fingerprint density at radius 2 is 2.12 bits per heavy atom. The van der Waals surface area contributed by atoms with Crippen molar-refractivity contribution in [1.29, 1.82) is 0 Å². The number of hydrogen-bond acceptors (Lipinski definition) is 4. The second-order valence-corrected chi connectivity index (χ2v) is 3.72. The van der Waals surface area contributed by atoms with Crippen LogP contribution in [0, 0.1) is 0 Å². The van der Waals surface area contributed by atoms with Gasteiger partial charge < -0.3 is 10.5 Å². The summed E-state index contributed by atoms with van der Waals surface area (Å²) in [7, 11) is 0. The molecule has 0 aliphatic rings. The lowest BCUT2D eigenvalue weighted by molar-refractivity contribution is 0.214. The van der Waals surface area contributed by atoms with Crippen molar-refractivity contribution < 1.29 is 4.74 Å². The van der Waals surface area contributed by atoms with E-state index in [0.717, 1.165) is 11.1 Å². The molecule has 2 aromatic rings. The van der Waals surface area contributed by atoms with Crippen LogP contribution in [0.3, 0.4) is 0 Å². The maximum Gasteiger partial charge on any atom is 0.218 e. The van der Waals surface area contributed by atoms with Gasteiger partial charge in [-0.25, -0.2) is 4.98 Å². The second kappa shape index (κ2) is 5.41. The molecule has 0 aliphatic carbocycles. The van der Waals surface area contributed by atoms with Crippen molar-refractivity contribution in [3.05, 3.63) is 54.0 Å². The largest absolute Gasteiger partial charge is 0.469 e. The molecule has 2 rings (SSSR count). The van der Waals surface area contributed by atoms with Gasteiger partial charge in [-0.1, -0.05) is 12.1 Å². The molecule has 1 atom stereocenters. The third-order valence-corrected chi connectivity index (χ3v) is 2.51. The zero-order valence-electron chi connectivity index (χ0n) is 9.71. The summed E-state index contributed by atoms with van der Waals surface area (Å²) in [5.41, 5.74) is 7.55. The highest BCUT2D eigenvalue weighted by Gasteiger charge is 2.10. The number of nitrogens with zero attached hydrogens (tertiary/aromatic N) is 2. The summed E-state index contributed by atoms with van der Waals surface area (Å²) >= 11 is 0. The fraction of sp³-hybridized carbons (Fsp3) is 0.231. The van der Waals surface area contributed by atoms with E-state index in [4.69, 9.17) is 10.5 Å². The zero-order valence-corrected chi connectivity index (χ0v) is 9.71. The van der Waals surface area contributed by atoms with E-state index in [1.54, 1.807) is 18.6 Å². The van der Waals surface area contributed by atoms with Gasteiger partial charge in [0.2, 0.25) is 5.88 Å². The molecule has 0 aliphatic heterocycles. The maximum atomic E-state index is 5.79. The molecular formula is C13H15N3O. The van der Waals surface area contributed by atoms with Gasteiger partial charge in [-0.2, -0.15) is 0 Å². The first kappa shape index (κ1) is 11.5. The van der Waals surface area contributed by atoms with Crippen molar-refractivity contribution in [3.63, 3.8) is 0 Å². The number of pyridine rings is 2. The first-order valence-corrected chi connectivity index (χ1v) is 5.52. The molecule has 0 saturated heterocycles. The molecular weight excluding hydrogens is 214 g/mol. The van der Waals surface area contributed by atoms with Crippen LogP contribution in [-0.4, -0.2) is 9.97 Å². The molecule has 0 spiro atoms. The number of hydrogen-bond donors (Lipinski definition) is 1. The van der Waals surface area contributed by atoms with Crippen LogP contribution in [0.2, 0.25) is 0 Å². The van der Waals surface area contributed by atoms with Crippen LogP contribution in [-0.2, 0) is 6.54 Å². The van der Waals surface area contributed by atoms with Crippen LogP contribution in [0.15, 0.2) is 42.9 Å². The van der Waals surface area contributed by atoms with Crippen molar-refractivity contribution in [2.24, 2.45) is 5.73 Å². The lowest BCUT2D eigenvalue weighted by Gasteiger charge is -2.15. The van der Waals surface area contributed by atoms with Gasteiger partial charge in [0.1, 0.15) is 6.10 Å². The third kappa shape index (κ3) is 2.79. The van der Waals surface area contributed by atoms with E-state index in [2.05, 4.69) is 9.97 Å². The highest BCUT2D eigenvalue weighted by atomic mass is 16.5. The summed E-state index contributed by atoms with van der Waals surface area (Å²) < 4.78 is 5.79.